The lowest BCUT2D eigenvalue weighted by Crippen LogP contribution is -2.17. The number of furan rings is 1. The van der Waals surface area contributed by atoms with E-state index in [9.17, 15) is 13.2 Å². The minimum Gasteiger partial charge on any atom is -0.465 e. The Labute approximate surface area is 90.0 Å². The van der Waals surface area contributed by atoms with Crippen LogP contribution in [0.15, 0.2) is 22.8 Å². The number of halogens is 4. The fourth-order valence-electron chi connectivity index (χ4n) is 0.986. The molecule has 1 aromatic heterocycles. The number of hydrogen-bond acceptors (Lipinski definition) is 2. The second-order valence-corrected chi connectivity index (χ2v) is 3.60. The zero-order valence-electron chi connectivity index (χ0n) is 7.76. The first kappa shape index (κ1) is 12.2. The lowest BCUT2D eigenvalue weighted by molar-refractivity contribution is -0.135. The molecule has 0 spiro atoms. The van der Waals surface area contributed by atoms with Gasteiger partial charge in [0.15, 0.2) is 0 Å². The summed E-state index contributed by atoms with van der Waals surface area (Å²) in [4.78, 5) is 0. The number of hydrogen-bond donors (Lipinski definition) is 0. The van der Waals surface area contributed by atoms with E-state index in [1.54, 1.807) is 12.1 Å². The normalized spacial score (nSPS) is 13.9. The largest absolute Gasteiger partial charge is 0.465 e. The molecule has 15 heavy (non-hydrogen) atoms. The van der Waals surface area contributed by atoms with Crippen LogP contribution in [0, 0.1) is 0 Å². The zero-order valence-corrected chi connectivity index (χ0v) is 8.52. The van der Waals surface area contributed by atoms with Crippen LogP contribution in [0.25, 0.3) is 0 Å². The first-order valence-electron chi connectivity index (χ1n) is 4.34. The monoisotopic (exact) mass is 242 g/mol. The third kappa shape index (κ3) is 5.57. The van der Waals surface area contributed by atoms with Gasteiger partial charge in [-0.2, -0.15) is 13.2 Å². The van der Waals surface area contributed by atoms with Crippen molar-refractivity contribution in [3.63, 3.8) is 0 Å². The SMILES string of the molecule is FC(F)(F)CC(Cl)CCOc1ccco1. The maximum atomic E-state index is 11.9. The average Bonchev–Trinajstić information content (AvgIpc) is 2.53. The van der Waals surface area contributed by atoms with Crippen LogP contribution < -0.4 is 4.74 Å². The highest BCUT2D eigenvalue weighted by molar-refractivity contribution is 6.20. The van der Waals surface area contributed by atoms with Gasteiger partial charge in [-0.1, -0.05) is 0 Å². The van der Waals surface area contributed by atoms with Gasteiger partial charge in [-0.05, 0) is 12.5 Å². The fraction of sp³-hybridized carbons (Fsp3) is 0.556. The minimum atomic E-state index is -4.23. The van der Waals surface area contributed by atoms with Gasteiger partial charge in [-0.3, -0.25) is 0 Å². The summed E-state index contributed by atoms with van der Waals surface area (Å²) in [6.45, 7) is 0.109. The van der Waals surface area contributed by atoms with Crippen LogP contribution in [0.5, 0.6) is 5.95 Å². The van der Waals surface area contributed by atoms with Crippen molar-refractivity contribution in [1.82, 2.24) is 0 Å². The van der Waals surface area contributed by atoms with Crippen LogP contribution in [-0.4, -0.2) is 18.2 Å². The van der Waals surface area contributed by atoms with E-state index < -0.39 is 18.0 Å². The standard InChI is InChI=1S/C9H10ClF3O2/c10-7(6-9(11,12)13)3-5-15-8-2-1-4-14-8/h1-2,4,7H,3,5-6H2. The molecule has 0 aromatic carbocycles. The maximum absolute atomic E-state index is 11.9. The first-order chi connectivity index (χ1) is 6.97. The molecule has 0 amide bonds. The molecule has 0 N–H and O–H groups in total. The number of alkyl halides is 4. The van der Waals surface area contributed by atoms with E-state index in [1.807, 2.05) is 0 Å². The topological polar surface area (TPSA) is 22.4 Å². The van der Waals surface area contributed by atoms with E-state index in [0.717, 1.165) is 0 Å². The second-order valence-electron chi connectivity index (χ2n) is 2.99. The predicted molar refractivity (Wildman–Crippen MR) is 49.1 cm³/mol. The number of ether oxygens (including phenoxy) is 1. The molecule has 1 aromatic rings. The molecule has 0 fully saturated rings. The molecule has 0 saturated heterocycles. The second kappa shape index (κ2) is 5.30. The summed E-state index contributed by atoms with van der Waals surface area (Å²) in [5.74, 6) is 0.283. The van der Waals surface area contributed by atoms with Gasteiger partial charge in [0.25, 0.3) is 5.95 Å². The first-order valence-corrected chi connectivity index (χ1v) is 4.78. The van der Waals surface area contributed by atoms with E-state index in [-0.39, 0.29) is 19.0 Å². The third-order valence-corrected chi connectivity index (χ3v) is 2.00. The van der Waals surface area contributed by atoms with E-state index in [1.165, 1.54) is 6.26 Å². The van der Waals surface area contributed by atoms with Gasteiger partial charge >= 0.3 is 6.18 Å². The van der Waals surface area contributed by atoms with Gasteiger partial charge in [0.2, 0.25) is 0 Å². The van der Waals surface area contributed by atoms with Gasteiger partial charge < -0.3 is 9.15 Å². The van der Waals surface area contributed by atoms with Crippen molar-refractivity contribution in [2.24, 2.45) is 0 Å². The Kier molecular flexibility index (Phi) is 4.32. The van der Waals surface area contributed by atoms with Crippen molar-refractivity contribution in [1.29, 1.82) is 0 Å². The van der Waals surface area contributed by atoms with Crippen LogP contribution in [0.2, 0.25) is 0 Å². The molecule has 0 saturated carbocycles. The molecule has 6 heteroatoms. The highest BCUT2D eigenvalue weighted by Crippen LogP contribution is 2.25. The molecule has 86 valence electrons. The molecule has 0 aliphatic heterocycles. The van der Waals surface area contributed by atoms with Crippen molar-refractivity contribution in [2.45, 2.75) is 24.4 Å². The van der Waals surface area contributed by atoms with Crippen LogP contribution in [-0.2, 0) is 0 Å². The zero-order chi connectivity index (χ0) is 11.3. The molecular weight excluding hydrogens is 233 g/mol. The summed E-state index contributed by atoms with van der Waals surface area (Å²) >= 11 is 5.48. The minimum absolute atomic E-state index is 0.109. The lowest BCUT2D eigenvalue weighted by Gasteiger charge is -2.11. The van der Waals surface area contributed by atoms with Crippen LogP contribution in [0.1, 0.15) is 12.8 Å². The Balaban J connectivity index is 2.15. The Morgan fingerprint density at radius 2 is 2.20 bits per heavy atom. The Morgan fingerprint density at radius 1 is 1.47 bits per heavy atom. The molecular formula is C9H10ClF3O2. The molecule has 1 atom stereocenters. The van der Waals surface area contributed by atoms with Gasteiger partial charge in [-0.15, -0.1) is 11.6 Å². The Hall–Kier alpha value is -0.840. The molecule has 0 aliphatic carbocycles. The summed E-state index contributed by atoms with van der Waals surface area (Å²) in [7, 11) is 0. The Morgan fingerprint density at radius 3 is 2.73 bits per heavy atom. The summed E-state index contributed by atoms with van der Waals surface area (Å²) in [5.41, 5.74) is 0. The van der Waals surface area contributed by atoms with Gasteiger partial charge in [0, 0.05) is 11.4 Å². The summed E-state index contributed by atoms with van der Waals surface area (Å²) in [5, 5.41) is -0.958. The van der Waals surface area contributed by atoms with Gasteiger partial charge in [0.1, 0.15) is 0 Å². The molecule has 1 unspecified atom stereocenters. The van der Waals surface area contributed by atoms with E-state index in [2.05, 4.69) is 0 Å². The smallest absolute Gasteiger partial charge is 0.390 e. The van der Waals surface area contributed by atoms with E-state index in [0.29, 0.717) is 0 Å². The van der Waals surface area contributed by atoms with Crippen LogP contribution in [0.4, 0.5) is 13.2 Å². The molecule has 0 aliphatic rings. The Bertz CT molecular complexity index is 271. The van der Waals surface area contributed by atoms with Crippen molar-refractivity contribution < 1.29 is 22.3 Å². The van der Waals surface area contributed by atoms with E-state index >= 15 is 0 Å². The highest BCUT2D eigenvalue weighted by Gasteiger charge is 2.30. The van der Waals surface area contributed by atoms with Crippen molar-refractivity contribution >= 4 is 11.6 Å². The van der Waals surface area contributed by atoms with Crippen LogP contribution in [0.3, 0.4) is 0 Å². The van der Waals surface area contributed by atoms with Crippen molar-refractivity contribution in [3.05, 3.63) is 18.4 Å². The summed E-state index contributed by atoms with van der Waals surface area (Å²) in [6, 6.07) is 3.20. The van der Waals surface area contributed by atoms with Crippen LogP contribution >= 0.6 is 11.6 Å². The molecule has 0 bridgehead atoms. The van der Waals surface area contributed by atoms with Gasteiger partial charge in [-0.25, -0.2) is 0 Å². The van der Waals surface area contributed by atoms with Crippen molar-refractivity contribution in [3.8, 4) is 5.95 Å². The fourth-order valence-corrected chi connectivity index (χ4v) is 1.25. The van der Waals surface area contributed by atoms with Gasteiger partial charge in [0.05, 0.1) is 19.3 Å². The summed E-state index contributed by atoms with van der Waals surface area (Å²) in [6.07, 6.45) is -3.68. The molecule has 2 nitrogen and oxygen atoms in total. The lowest BCUT2D eigenvalue weighted by atomic mass is 10.2. The molecule has 1 heterocycles. The predicted octanol–water partition coefficient (Wildman–Crippen LogP) is 3.61. The maximum Gasteiger partial charge on any atom is 0.390 e. The van der Waals surface area contributed by atoms with Crippen molar-refractivity contribution in [2.75, 3.05) is 6.61 Å². The average molecular weight is 243 g/mol. The molecule has 0 radical (unpaired) electrons. The number of rotatable bonds is 5. The molecule has 1 rings (SSSR count). The van der Waals surface area contributed by atoms with E-state index in [4.69, 9.17) is 20.8 Å². The highest BCUT2D eigenvalue weighted by atomic mass is 35.5. The summed E-state index contributed by atoms with van der Waals surface area (Å²) < 4.78 is 45.4. The third-order valence-electron chi connectivity index (χ3n) is 1.62. The quantitative estimate of drug-likeness (QED) is 0.736.